The molecule has 1 aliphatic rings. The average molecular weight is 397 g/mol. The summed E-state index contributed by atoms with van der Waals surface area (Å²) >= 11 is 0. The van der Waals surface area contributed by atoms with Crippen LogP contribution < -0.4 is 5.32 Å². The maximum absolute atomic E-state index is 12.8. The Kier molecular flexibility index (Phi) is 7.54. The highest BCUT2D eigenvalue weighted by molar-refractivity contribution is 5.98. The van der Waals surface area contributed by atoms with Crippen LogP contribution in [0.5, 0.6) is 0 Å². The summed E-state index contributed by atoms with van der Waals surface area (Å²) in [5, 5.41) is 12.1. The van der Waals surface area contributed by atoms with Crippen LogP contribution in [-0.4, -0.2) is 41.4 Å². The number of ether oxygens (including phenoxy) is 1. The lowest BCUT2D eigenvalue weighted by Gasteiger charge is -2.39. The van der Waals surface area contributed by atoms with Gasteiger partial charge in [0.2, 0.25) is 5.91 Å². The normalized spacial score (nSPS) is 16.8. The molecule has 1 saturated carbocycles. The van der Waals surface area contributed by atoms with E-state index < -0.39 is 29.4 Å². The lowest BCUT2D eigenvalue weighted by Crippen LogP contribution is -2.53. The Labute approximate surface area is 171 Å². The maximum Gasteiger partial charge on any atom is 0.355 e. The van der Waals surface area contributed by atoms with E-state index in [0.717, 1.165) is 19.3 Å². The minimum absolute atomic E-state index is 0.0568. The van der Waals surface area contributed by atoms with Crippen LogP contribution in [0.15, 0.2) is 36.0 Å². The number of likely N-dealkylation sites (N-methyl/N-ethyl adjacent to an activating group) is 1. The van der Waals surface area contributed by atoms with E-state index in [-0.39, 0.29) is 5.70 Å². The van der Waals surface area contributed by atoms with Gasteiger partial charge in [-0.2, -0.15) is 5.26 Å². The fourth-order valence-electron chi connectivity index (χ4n) is 3.47. The summed E-state index contributed by atoms with van der Waals surface area (Å²) < 4.78 is 5.33. The van der Waals surface area contributed by atoms with Gasteiger partial charge in [-0.15, -0.1) is 0 Å². The molecule has 0 radical (unpaired) electrons. The molecule has 7 heteroatoms. The number of hydrogen-bond donors (Lipinski definition) is 1. The molecule has 0 aromatic heterocycles. The van der Waals surface area contributed by atoms with Crippen molar-refractivity contribution in [2.45, 2.75) is 57.6 Å². The van der Waals surface area contributed by atoms with Gasteiger partial charge in [-0.05, 0) is 31.4 Å². The molecule has 2 rings (SSSR count). The van der Waals surface area contributed by atoms with Crippen molar-refractivity contribution in [1.29, 1.82) is 5.26 Å². The van der Waals surface area contributed by atoms with E-state index in [1.165, 1.54) is 24.8 Å². The number of hydrogen-bond acceptors (Lipinski definition) is 5. The van der Waals surface area contributed by atoms with Crippen LogP contribution in [0.3, 0.4) is 0 Å². The molecule has 0 saturated heterocycles. The second-order valence-corrected chi connectivity index (χ2v) is 7.30. The summed E-state index contributed by atoms with van der Waals surface area (Å²) in [5.74, 6) is -1.68. The Morgan fingerprint density at radius 3 is 2.38 bits per heavy atom. The molecule has 1 N–H and O–H groups in total. The van der Waals surface area contributed by atoms with Gasteiger partial charge in [0.05, 0.1) is 6.07 Å². The van der Waals surface area contributed by atoms with Crippen LogP contribution >= 0.6 is 0 Å². The van der Waals surface area contributed by atoms with Crippen LogP contribution in [-0.2, 0) is 19.1 Å². The first-order valence-corrected chi connectivity index (χ1v) is 9.73. The van der Waals surface area contributed by atoms with Crippen molar-refractivity contribution >= 4 is 23.9 Å². The SMILES string of the molecule is CC(=O)N/C(=C\c1ccccc1)C(=O)O[C@H](C)C(=O)N(C)C1(C#N)CCCCC1. The molecular formula is C22H27N3O4. The van der Waals surface area contributed by atoms with Crippen LogP contribution in [0.25, 0.3) is 6.08 Å². The largest absolute Gasteiger partial charge is 0.448 e. The van der Waals surface area contributed by atoms with Crippen molar-refractivity contribution in [3.05, 3.63) is 41.6 Å². The minimum Gasteiger partial charge on any atom is -0.448 e. The molecule has 1 aliphatic carbocycles. The van der Waals surface area contributed by atoms with Crippen molar-refractivity contribution in [3.8, 4) is 6.07 Å². The van der Waals surface area contributed by atoms with Gasteiger partial charge in [0.25, 0.3) is 5.91 Å². The predicted octanol–water partition coefficient (Wildman–Crippen LogP) is 2.78. The molecule has 7 nitrogen and oxygen atoms in total. The zero-order chi connectivity index (χ0) is 21.4. The Morgan fingerprint density at radius 2 is 1.83 bits per heavy atom. The van der Waals surface area contributed by atoms with E-state index in [0.29, 0.717) is 18.4 Å². The standard InChI is InChI=1S/C22H27N3O4/c1-16(20(27)25(3)22(15-23)12-8-5-9-13-22)29-21(28)19(24-17(2)26)14-18-10-6-4-7-11-18/h4,6-7,10-11,14,16H,5,8-9,12-13H2,1-3H3,(H,24,26)/b19-14-/t16-/m1/s1. The van der Waals surface area contributed by atoms with Crippen molar-refractivity contribution in [1.82, 2.24) is 10.2 Å². The molecule has 1 aromatic rings. The highest BCUT2D eigenvalue weighted by Crippen LogP contribution is 2.33. The van der Waals surface area contributed by atoms with Crippen LogP contribution in [0, 0.1) is 11.3 Å². The van der Waals surface area contributed by atoms with Gasteiger partial charge < -0.3 is 15.0 Å². The van der Waals surface area contributed by atoms with Crippen molar-refractivity contribution < 1.29 is 19.1 Å². The van der Waals surface area contributed by atoms with Gasteiger partial charge in [0.1, 0.15) is 11.2 Å². The summed E-state index contributed by atoms with van der Waals surface area (Å²) in [6, 6.07) is 11.3. The molecule has 0 unspecified atom stereocenters. The summed E-state index contributed by atoms with van der Waals surface area (Å²) in [6.45, 7) is 2.76. The first kappa shape index (κ1) is 22.2. The topological polar surface area (TPSA) is 99.5 Å². The molecule has 29 heavy (non-hydrogen) atoms. The van der Waals surface area contributed by atoms with Gasteiger partial charge in [0, 0.05) is 14.0 Å². The smallest absolute Gasteiger partial charge is 0.355 e. The molecule has 0 bridgehead atoms. The Morgan fingerprint density at radius 1 is 1.21 bits per heavy atom. The molecule has 1 fully saturated rings. The maximum atomic E-state index is 12.8. The first-order valence-electron chi connectivity index (χ1n) is 9.73. The van der Waals surface area contributed by atoms with Gasteiger partial charge in [-0.25, -0.2) is 4.79 Å². The Bertz CT molecular complexity index is 820. The fraction of sp³-hybridized carbons (Fsp3) is 0.455. The number of esters is 1. The Balaban J connectivity index is 2.14. The second-order valence-electron chi connectivity index (χ2n) is 7.30. The van der Waals surface area contributed by atoms with E-state index in [2.05, 4.69) is 11.4 Å². The Hall–Kier alpha value is -3.14. The molecule has 0 heterocycles. The molecule has 0 spiro atoms. The molecule has 154 valence electrons. The third-order valence-electron chi connectivity index (χ3n) is 5.13. The number of carbonyl (C=O) groups excluding carboxylic acids is 3. The van der Waals surface area contributed by atoms with Gasteiger partial charge in [-0.1, -0.05) is 49.6 Å². The monoisotopic (exact) mass is 397 g/mol. The molecule has 1 aromatic carbocycles. The number of nitriles is 1. The van der Waals surface area contributed by atoms with Gasteiger partial charge >= 0.3 is 5.97 Å². The summed E-state index contributed by atoms with van der Waals surface area (Å²) in [5.41, 5.74) is -0.218. The van der Waals surface area contributed by atoms with Crippen LogP contribution in [0.2, 0.25) is 0 Å². The minimum atomic E-state index is -1.09. The van der Waals surface area contributed by atoms with Crippen LogP contribution in [0.1, 0.15) is 51.5 Å². The number of nitrogens with one attached hydrogen (secondary N) is 1. The quantitative estimate of drug-likeness (QED) is 0.588. The third kappa shape index (κ3) is 5.67. The van der Waals surface area contributed by atoms with Crippen molar-refractivity contribution in [2.24, 2.45) is 0 Å². The van der Waals surface area contributed by atoms with Crippen molar-refractivity contribution in [3.63, 3.8) is 0 Å². The number of benzene rings is 1. The first-order chi connectivity index (χ1) is 13.8. The highest BCUT2D eigenvalue weighted by atomic mass is 16.5. The molecular weight excluding hydrogens is 370 g/mol. The van der Waals surface area contributed by atoms with E-state index in [9.17, 15) is 19.6 Å². The third-order valence-corrected chi connectivity index (χ3v) is 5.13. The number of rotatable bonds is 6. The lowest BCUT2D eigenvalue weighted by atomic mass is 9.81. The molecule has 2 amide bonds. The van der Waals surface area contributed by atoms with E-state index >= 15 is 0 Å². The summed E-state index contributed by atoms with van der Waals surface area (Å²) in [6.07, 6.45) is 4.42. The molecule has 1 atom stereocenters. The van der Waals surface area contributed by atoms with E-state index in [1.807, 2.05) is 6.07 Å². The average Bonchev–Trinajstić information content (AvgIpc) is 2.73. The summed E-state index contributed by atoms with van der Waals surface area (Å²) in [4.78, 5) is 38.3. The van der Waals surface area contributed by atoms with Crippen molar-refractivity contribution in [2.75, 3.05) is 7.05 Å². The number of amides is 2. The highest BCUT2D eigenvalue weighted by Gasteiger charge is 2.40. The van der Waals surface area contributed by atoms with Gasteiger partial charge in [-0.3, -0.25) is 9.59 Å². The fourth-order valence-corrected chi connectivity index (χ4v) is 3.47. The molecule has 0 aliphatic heterocycles. The predicted molar refractivity (Wildman–Crippen MR) is 108 cm³/mol. The zero-order valence-corrected chi connectivity index (χ0v) is 17.1. The van der Waals surface area contributed by atoms with E-state index in [4.69, 9.17) is 4.74 Å². The summed E-state index contributed by atoms with van der Waals surface area (Å²) in [7, 11) is 1.58. The lowest BCUT2D eigenvalue weighted by molar-refractivity contribution is -0.158. The van der Waals surface area contributed by atoms with E-state index in [1.54, 1.807) is 31.3 Å². The van der Waals surface area contributed by atoms with Crippen LogP contribution in [0.4, 0.5) is 0 Å². The van der Waals surface area contributed by atoms with Gasteiger partial charge in [0.15, 0.2) is 6.10 Å². The zero-order valence-electron chi connectivity index (χ0n) is 17.1. The number of carbonyl (C=O) groups is 3. The number of nitrogens with zero attached hydrogens (tertiary/aromatic N) is 2. The second kappa shape index (κ2) is 9.87.